The maximum atomic E-state index is 9.18. The van der Waals surface area contributed by atoms with Gasteiger partial charge in [-0.05, 0) is 12.1 Å². The van der Waals surface area contributed by atoms with Crippen LogP contribution >= 0.6 is 22.9 Å². The van der Waals surface area contributed by atoms with Crippen molar-refractivity contribution in [1.82, 2.24) is 4.98 Å². The van der Waals surface area contributed by atoms with Crippen LogP contribution in [0.2, 0.25) is 5.15 Å². The number of benzene rings is 1. The van der Waals surface area contributed by atoms with Gasteiger partial charge in [-0.2, -0.15) is 0 Å². The van der Waals surface area contributed by atoms with E-state index in [1.54, 1.807) is 0 Å². The van der Waals surface area contributed by atoms with Crippen molar-refractivity contribution in [3.8, 4) is 0 Å². The molecule has 3 rings (SSSR count). The van der Waals surface area contributed by atoms with E-state index in [-0.39, 0.29) is 6.61 Å². The predicted octanol–water partition coefficient (Wildman–Crippen LogP) is 2.62. The summed E-state index contributed by atoms with van der Waals surface area (Å²) in [5, 5.41) is 10.5. The molecule has 6 heteroatoms. The van der Waals surface area contributed by atoms with Crippen LogP contribution in [0.3, 0.4) is 0 Å². The van der Waals surface area contributed by atoms with Crippen LogP contribution < -0.4 is 9.80 Å². The molecule has 0 radical (unpaired) electrons. The van der Waals surface area contributed by atoms with Crippen molar-refractivity contribution in [2.24, 2.45) is 0 Å². The van der Waals surface area contributed by atoms with Gasteiger partial charge in [0.05, 0.1) is 11.5 Å². The molecule has 0 aliphatic carbocycles. The lowest BCUT2D eigenvalue weighted by Crippen LogP contribution is -2.46. The summed E-state index contributed by atoms with van der Waals surface area (Å²) in [5.41, 5.74) is 1.26. The first-order valence-corrected chi connectivity index (χ1v) is 7.78. The third kappa shape index (κ3) is 2.75. The van der Waals surface area contributed by atoms with E-state index in [1.165, 1.54) is 17.0 Å². The first-order chi connectivity index (χ1) is 9.78. The summed E-state index contributed by atoms with van der Waals surface area (Å²) in [6, 6.07) is 10.4. The molecule has 1 aromatic carbocycles. The zero-order chi connectivity index (χ0) is 13.9. The van der Waals surface area contributed by atoms with Crippen LogP contribution in [0.15, 0.2) is 30.3 Å². The van der Waals surface area contributed by atoms with E-state index in [0.717, 1.165) is 36.2 Å². The highest BCUT2D eigenvalue weighted by molar-refractivity contribution is 7.16. The summed E-state index contributed by atoms with van der Waals surface area (Å²) in [6.07, 6.45) is 0. The molecule has 1 N–H and O–H groups in total. The van der Waals surface area contributed by atoms with E-state index >= 15 is 0 Å². The molecule has 4 nitrogen and oxygen atoms in total. The Hall–Kier alpha value is -1.30. The fraction of sp³-hybridized carbons (Fsp3) is 0.357. The molecule has 0 amide bonds. The summed E-state index contributed by atoms with van der Waals surface area (Å²) in [4.78, 5) is 9.68. The van der Waals surface area contributed by atoms with E-state index in [9.17, 15) is 5.11 Å². The monoisotopic (exact) mass is 309 g/mol. The number of hydrogen-bond acceptors (Lipinski definition) is 5. The highest BCUT2D eigenvalue weighted by Gasteiger charge is 2.20. The lowest BCUT2D eigenvalue weighted by molar-refractivity contribution is 0.285. The van der Waals surface area contributed by atoms with Crippen LogP contribution in [0, 0.1) is 0 Å². The summed E-state index contributed by atoms with van der Waals surface area (Å²) in [7, 11) is 0. The van der Waals surface area contributed by atoms with Crippen LogP contribution in [0.5, 0.6) is 0 Å². The molecule has 1 saturated heterocycles. The van der Waals surface area contributed by atoms with Crippen LogP contribution in [0.1, 0.15) is 4.88 Å². The van der Waals surface area contributed by atoms with Gasteiger partial charge in [-0.1, -0.05) is 41.1 Å². The van der Waals surface area contributed by atoms with Gasteiger partial charge in [0.2, 0.25) is 0 Å². The van der Waals surface area contributed by atoms with Crippen molar-refractivity contribution < 1.29 is 5.11 Å². The van der Waals surface area contributed by atoms with Crippen LogP contribution in [0.4, 0.5) is 10.8 Å². The SMILES string of the molecule is OCc1sc(N2CCN(c3ccccc3)CC2)nc1Cl. The number of thiazole rings is 1. The van der Waals surface area contributed by atoms with E-state index < -0.39 is 0 Å². The fourth-order valence-electron chi connectivity index (χ4n) is 2.35. The average Bonchev–Trinajstić information content (AvgIpc) is 2.89. The summed E-state index contributed by atoms with van der Waals surface area (Å²) >= 11 is 7.47. The lowest BCUT2D eigenvalue weighted by atomic mass is 10.2. The van der Waals surface area contributed by atoms with Crippen molar-refractivity contribution in [3.05, 3.63) is 40.4 Å². The van der Waals surface area contributed by atoms with E-state index in [0.29, 0.717) is 5.15 Å². The Morgan fingerprint density at radius 1 is 1.10 bits per heavy atom. The summed E-state index contributed by atoms with van der Waals surface area (Å²) in [6.45, 7) is 3.74. The number of nitrogens with zero attached hydrogens (tertiary/aromatic N) is 3. The number of anilines is 2. The number of rotatable bonds is 3. The zero-order valence-corrected chi connectivity index (χ0v) is 12.6. The second-order valence-corrected chi connectivity index (χ2v) is 6.10. The van der Waals surface area contributed by atoms with Crippen molar-refractivity contribution in [2.45, 2.75) is 6.61 Å². The van der Waals surface area contributed by atoms with Gasteiger partial charge in [-0.15, -0.1) is 0 Å². The first kappa shape index (κ1) is 13.7. The molecule has 20 heavy (non-hydrogen) atoms. The van der Waals surface area contributed by atoms with Gasteiger partial charge in [0.1, 0.15) is 5.15 Å². The molecule has 0 unspecified atom stereocenters. The number of aliphatic hydroxyl groups is 1. The quantitative estimate of drug-likeness (QED) is 0.946. The van der Waals surface area contributed by atoms with Gasteiger partial charge in [0, 0.05) is 31.9 Å². The molecular weight excluding hydrogens is 294 g/mol. The number of aliphatic hydroxyl groups excluding tert-OH is 1. The minimum Gasteiger partial charge on any atom is -0.391 e. The molecule has 106 valence electrons. The molecule has 1 aliphatic rings. The van der Waals surface area contributed by atoms with Gasteiger partial charge < -0.3 is 14.9 Å². The Morgan fingerprint density at radius 2 is 1.75 bits per heavy atom. The van der Waals surface area contributed by atoms with E-state index in [1.807, 2.05) is 6.07 Å². The Balaban J connectivity index is 1.66. The van der Waals surface area contributed by atoms with Crippen molar-refractivity contribution in [2.75, 3.05) is 36.0 Å². The van der Waals surface area contributed by atoms with Crippen LogP contribution in [-0.2, 0) is 6.61 Å². The third-order valence-corrected chi connectivity index (χ3v) is 4.98. The molecule has 1 aliphatic heterocycles. The van der Waals surface area contributed by atoms with E-state index in [2.05, 4.69) is 39.0 Å². The summed E-state index contributed by atoms with van der Waals surface area (Å²) < 4.78 is 0. The number of hydrogen-bond donors (Lipinski definition) is 1. The Bertz CT molecular complexity index is 567. The van der Waals surface area contributed by atoms with Gasteiger partial charge in [-0.25, -0.2) is 4.98 Å². The van der Waals surface area contributed by atoms with Gasteiger partial charge in [-0.3, -0.25) is 0 Å². The second kappa shape index (κ2) is 5.99. The Kier molecular flexibility index (Phi) is 4.10. The maximum absolute atomic E-state index is 9.18. The summed E-state index contributed by atoms with van der Waals surface area (Å²) in [5.74, 6) is 0. The normalized spacial score (nSPS) is 15.7. The molecule has 2 heterocycles. The Labute approximate surface area is 127 Å². The number of para-hydroxylation sites is 1. The molecular formula is C14H16ClN3OS. The maximum Gasteiger partial charge on any atom is 0.187 e. The molecule has 0 atom stereocenters. The fourth-order valence-corrected chi connectivity index (χ4v) is 3.52. The molecule has 0 spiro atoms. The van der Waals surface area contributed by atoms with Gasteiger partial charge in [0.15, 0.2) is 5.13 Å². The predicted molar refractivity (Wildman–Crippen MR) is 83.9 cm³/mol. The highest BCUT2D eigenvalue weighted by Crippen LogP contribution is 2.30. The van der Waals surface area contributed by atoms with Gasteiger partial charge >= 0.3 is 0 Å². The van der Waals surface area contributed by atoms with Crippen molar-refractivity contribution >= 4 is 33.8 Å². The Morgan fingerprint density at radius 3 is 2.35 bits per heavy atom. The standard InChI is InChI=1S/C14H16ClN3OS/c15-13-12(10-19)20-14(16-13)18-8-6-17(7-9-18)11-4-2-1-3-5-11/h1-5,19H,6-10H2. The number of halogens is 1. The van der Waals surface area contributed by atoms with Crippen LogP contribution in [0.25, 0.3) is 0 Å². The zero-order valence-electron chi connectivity index (χ0n) is 11.0. The van der Waals surface area contributed by atoms with Crippen LogP contribution in [-0.4, -0.2) is 36.3 Å². The number of aromatic nitrogens is 1. The van der Waals surface area contributed by atoms with E-state index in [4.69, 9.17) is 11.6 Å². The minimum atomic E-state index is -0.0412. The number of piperazine rings is 1. The lowest BCUT2D eigenvalue weighted by Gasteiger charge is -2.35. The van der Waals surface area contributed by atoms with Crippen molar-refractivity contribution in [3.63, 3.8) is 0 Å². The molecule has 1 aromatic heterocycles. The largest absolute Gasteiger partial charge is 0.391 e. The second-order valence-electron chi connectivity index (χ2n) is 4.68. The molecule has 0 saturated carbocycles. The van der Waals surface area contributed by atoms with Crippen molar-refractivity contribution in [1.29, 1.82) is 0 Å². The smallest absolute Gasteiger partial charge is 0.187 e. The molecule has 0 bridgehead atoms. The minimum absolute atomic E-state index is 0.0412. The third-order valence-electron chi connectivity index (χ3n) is 3.45. The molecule has 2 aromatic rings. The highest BCUT2D eigenvalue weighted by atomic mass is 35.5. The topological polar surface area (TPSA) is 39.6 Å². The average molecular weight is 310 g/mol. The van der Waals surface area contributed by atoms with Gasteiger partial charge in [0.25, 0.3) is 0 Å². The first-order valence-electron chi connectivity index (χ1n) is 6.59. The molecule has 1 fully saturated rings.